The van der Waals surface area contributed by atoms with Crippen molar-refractivity contribution in [1.29, 1.82) is 0 Å². The SMILES string of the molecule is COc1ccc(Cc2noc3nc(C4CC4)cc(C(=O)O)c23)cc1. The van der Waals surface area contributed by atoms with Gasteiger partial charge in [-0.05, 0) is 36.6 Å². The second-order valence-corrected chi connectivity index (χ2v) is 6.01. The van der Waals surface area contributed by atoms with Crippen molar-refractivity contribution in [2.45, 2.75) is 25.2 Å². The van der Waals surface area contributed by atoms with Crippen LogP contribution in [0.25, 0.3) is 11.1 Å². The Morgan fingerprint density at radius 1 is 1.33 bits per heavy atom. The number of benzene rings is 1. The minimum atomic E-state index is -0.983. The molecular weight excluding hydrogens is 308 g/mol. The summed E-state index contributed by atoms with van der Waals surface area (Å²) in [5.41, 5.74) is 2.88. The van der Waals surface area contributed by atoms with Crippen molar-refractivity contribution in [2.75, 3.05) is 7.11 Å². The van der Waals surface area contributed by atoms with Gasteiger partial charge in [-0.3, -0.25) is 0 Å². The standard InChI is InChI=1S/C18H16N2O4/c1-23-12-6-2-10(3-7-12)8-15-16-13(18(21)22)9-14(11-4-5-11)19-17(16)24-20-15/h2-3,6-7,9,11H,4-5,8H2,1H3,(H,21,22). The van der Waals surface area contributed by atoms with Crippen molar-refractivity contribution in [2.24, 2.45) is 0 Å². The van der Waals surface area contributed by atoms with Crippen LogP contribution in [0.4, 0.5) is 0 Å². The number of methoxy groups -OCH3 is 1. The van der Waals surface area contributed by atoms with Crippen molar-refractivity contribution >= 4 is 17.1 Å². The molecule has 1 aliphatic rings. The Kier molecular flexibility index (Phi) is 3.45. The second kappa shape index (κ2) is 5.63. The van der Waals surface area contributed by atoms with Crippen LogP contribution in [0.2, 0.25) is 0 Å². The molecule has 1 aliphatic carbocycles. The molecule has 1 saturated carbocycles. The summed E-state index contributed by atoms with van der Waals surface area (Å²) in [6, 6.07) is 9.23. The van der Waals surface area contributed by atoms with Crippen LogP contribution >= 0.6 is 0 Å². The van der Waals surface area contributed by atoms with Crippen molar-refractivity contribution in [1.82, 2.24) is 10.1 Å². The topological polar surface area (TPSA) is 85.5 Å². The molecule has 122 valence electrons. The van der Waals surface area contributed by atoms with Gasteiger partial charge in [-0.15, -0.1) is 0 Å². The Morgan fingerprint density at radius 3 is 2.71 bits per heavy atom. The number of carboxylic acid groups (broad SMARTS) is 1. The predicted molar refractivity (Wildman–Crippen MR) is 86.5 cm³/mol. The van der Waals surface area contributed by atoms with Crippen molar-refractivity contribution in [3.63, 3.8) is 0 Å². The van der Waals surface area contributed by atoms with E-state index in [-0.39, 0.29) is 5.56 Å². The third-order valence-corrected chi connectivity index (χ3v) is 4.29. The molecule has 1 N–H and O–H groups in total. The predicted octanol–water partition coefficient (Wildman–Crippen LogP) is 3.40. The number of ether oxygens (including phenoxy) is 1. The number of rotatable bonds is 5. The molecule has 0 bridgehead atoms. The van der Waals surface area contributed by atoms with Gasteiger partial charge in [-0.25, -0.2) is 9.78 Å². The number of nitrogens with zero attached hydrogens (tertiary/aromatic N) is 2. The lowest BCUT2D eigenvalue weighted by molar-refractivity contribution is 0.0698. The Morgan fingerprint density at radius 2 is 2.08 bits per heavy atom. The van der Waals surface area contributed by atoms with Gasteiger partial charge >= 0.3 is 5.97 Å². The fraction of sp³-hybridized carbons (Fsp3) is 0.278. The molecule has 0 unspecified atom stereocenters. The Balaban J connectivity index is 1.76. The molecule has 0 amide bonds. The Labute approximate surface area is 138 Å². The molecule has 0 aliphatic heterocycles. The number of aromatic nitrogens is 2. The maximum atomic E-state index is 11.7. The third kappa shape index (κ3) is 2.60. The lowest BCUT2D eigenvalue weighted by atomic mass is 10.0. The molecule has 6 heteroatoms. The molecule has 1 fully saturated rings. The van der Waals surface area contributed by atoms with Gasteiger partial charge in [0.25, 0.3) is 5.71 Å². The molecule has 0 spiro atoms. The van der Waals surface area contributed by atoms with Gasteiger partial charge in [0.2, 0.25) is 0 Å². The maximum Gasteiger partial charge on any atom is 0.336 e. The molecular formula is C18H16N2O4. The van der Waals surface area contributed by atoms with Gasteiger partial charge in [0.1, 0.15) is 5.75 Å². The van der Waals surface area contributed by atoms with E-state index in [1.807, 2.05) is 24.3 Å². The molecule has 4 rings (SSSR count). The van der Waals surface area contributed by atoms with Crippen LogP contribution in [-0.4, -0.2) is 28.3 Å². The first kappa shape index (κ1) is 14.7. The average Bonchev–Trinajstić information content (AvgIpc) is 3.37. The third-order valence-electron chi connectivity index (χ3n) is 4.29. The van der Waals surface area contributed by atoms with E-state index in [9.17, 15) is 9.90 Å². The number of aromatic carboxylic acids is 1. The zero-order valence-electron chi connectivity index (χ0n) is 13.2. The molecule has 24 heavy (non-hydrogen) atoms. The largest absolute Gasteiger partial charge is 0.497 e. The van der Waals surface area contributed by atoms with Gasteiger partial charge in [-0.1, -0.05) is 17.3 Å². The van der Waals surface area contributed by atoms with Crippen LogP contribution in [-0.2, 0) is 6.42 Å². The Bertz CT molecular complexity index is 911. The molecule has 2 aromatic heterocycles. The van der Waals surface area contributed by atoms with Gasteiger partial charge in [0.15, 0.2) is 0 Å². The highest BCUT2D eigenvalue weighted by atomic mass is 16.5. The van der Waals surface area contributed by atoms with Crippen LogP contribution in [0, 0.1) is 0 Å². The lowest BCUT2D eigenvalue weighted by Gasteiger charge is -2.04. The first-order chi connectivity index (χ1) is 11.7. The quantitative estimate of drug-likeness (QED) is 0.774. The Hall–Kier alpha value is -2.89. The smallest absolute Gasteiger partial charge is 0.336 e. The van der Waals surface area contributed by atoms with Crippen LogP contribution in [0.3, 0.4) is 0 Å². The normalized spacial score (nSPS) is 14.0. The number of pyridine rings is 1. The molecule has 0 atom stereocenters. The van der Waals surface area contributed by atoms with Crippen LogP contribution in [0.5, 0.6) is 5.75 Å². The molecule has 6 nitrogen and oxygen atoms in total. The molecule has 3 aromatic rings. The summed E-state index contributed by atoms with van der Waals surface area (Å²) in [7, 11) is 1.61. The van der Waals surface area contributed by atoms with Crippen molar-refractivity contribution in [3.05, 3.63) is 52.8 Å². The molecule has 2 heterocycles. The highest BCUT2D eigenvalue weighted by Gasteiger charge is 2.29. The summed E-state index contributed by atoms with van der Waals surface area (Å²) >= 11 is 0. The van der Waals surface area contributed by atoms with Gasteiger partial charge in [0, 0.05) is 18.0 Å². The zero-order valence-corrected chi connectivity index (χ0v) is 13.2. The second-order valence-electron chi connectivity index (χ2n) is 6.01. The van der Waals surface area contributed by atoms with Crippen molar-refractivity contribution in [3.8, 4) is 5.75 Å². The summed E-state index contributed by atoms with van der Waals surface area (Å²) in [5, 5.41) is 14.1. The molecule has 0 saturated heterocycles. The van der Waals surface area contributed by atoms with Gasteiger partial charge in [-0.2, -0.15) is 0 Å². The number of carbonyl (C=O) groups is 1. The zero-order chi connectivity index (χ0) is 16.7. The van der Waals surface area contributed by atoms with Crippen molar-refractivity contribution < 1.29 is 19.2 Å². The average molecular weight is 324 g/mol. The summed E-state index contributed by atoms with van der Waals surface area (Å²) in [6.45, 7) is 0. The summed E-state index contributed by atoms with van der Waals surface area (Å²) < 4.78 is 10.5. The van der Waals surface area contributed by atoms with E-state index in [1.54, 1.807) is 13.2 Å². The van der Waals surface area contributed by atoms with Crippen LogP contribution in [0.1, 0.15) is 46.1 Å². The van der Waals surface area contributed by atoms with E-state index in [0.29, 0.717) is 29.1 Å². The van der Waals surface area contributed by atoms with Crippen LogP contribution in [0.15, 0.2) is 34.9 Å². The van der Waals surface area contributed by atoms with E-state index in [0.717, 1.165) is 29.8 Å². The lowest BCUT2D eigenvalue weighted by Crippen LogP contribution is -2.02. The van der Waals surface area contributed by atoms with Crippen LogP contribution < -0.4 is 4.74 Å². The van der Waals surface area contributed by atoms with Gasteiger partial charge in [0.05, 0.1) is 23.8 Å². The first-order valence-electron chi connectivity index (χ1n) is 7.81. The summed E-state index contributed by atoms with van der Waals surface area (Å²) in [5.74, 6) is 0.136. The van der Waals surface area contributed by atoms with E-state index in [4.69, 9.17) is 9.26 Å². The molecule has 1 aromatic carbocycles. The van der Waals surface area contributed by atoms with E-state index < -0.39 is 5.97 Å². The summed E-state index contributed by atoms with van der Waals surface area (Å²) in [6.07, 6.45) is 2.57. The number of hydrogen-bond donors (Lipinski definition) is 1. The summed E-state index contributed by atoms with van der Waals surface area (Å²) in [4.78, 5) is 16.1. The highest BCUT2D eigenvalue weighted by Crippen LogP contribution is 2.40. The number of fused-ring (bicyclic) bond motifs is 1. The molecule has 0 radical (unpaired) electrons. The van der Waals surface area contributed by atoms with E-state index in [2.05, 4.69) is 10.1 Å². The number of carboxylic acids is 1. The minimum Gasteiger partial charge on any atom is -0.497 e. The van der Waals surface area contributed by atoms with E-state index in [1.165, 1.54) is 0 Å². The van der Waals surface area contributed by atoms with Gasteiger partial charge < -0.3 is 14.4 Å². The highest BCUT2D eigenvalue weighted by molar-refractivity contribution is 6.02. The maximum absolute atomic E-state index is 11.7. The fourth-order valence-electron chi connectivity index (χ4n) is 2.84. The number of hydrogen-bond acceptors (Lipinski definition) is 5. The first-order valence-corrected chi connectivity index (χ1v) is 7.81. The fourth-order valence-corrected chi connectivity index (χ4v) is 2.84. The van der Waals surface area contributed by atoms with E-state index >= 15 is 0 Å². The minimum absolute atomic E-state index is 0.215. The monoisotopic (exact) mass is 324 g/mol.